The Morgan fingerprint density at radius 3 is 2.66 bits per heavy atom. The molecule has 148 valence electrons. The lowest BCUT2D eigenvalue weighted by Gasteiger charge is -2.24. The Morgan fingerprint density at radius 2 is 2.00 bits per heavy atom. The highest BCUT2D eigenvalue weighted by molar-refractivity contribution is 7.07. The monoisotopic (exact) mass is 408 g/mol. The zero-order valence-corrected chi connectivity index (χ0v) is 17.2. The van der Waals surface area contributed by atoms with Crippen LogP contribution in [0.15, 0.2) is 67.9 Å². The number of esters is 1. The van der Waals surface area contributed by atoms with E-state index in [0.717, 1.165) is 11.3 Å². The number of aromatic nitrogens is 1. The number of hydrogen-bond donors (Lipinski definition) is 0. The first-order chi connectivity index (χ1) is 14.0. The van der Waals surface area contributed by atoms with Crippen LogP contribution in [0, 0.1) is 6.92 Å². The summed E-state index contributed by atoms with van der Waals surface area (Å²) in [7, 11) is 0. The zero-order valence-electron chi connectivity index (χ0n) is 16.3. The fraction of sp³-hybridized carbons (Fsp3) is 0.227. The third kappa shape index (κ3) is 3.49. The van der Waals surface area contributed by atoms with Crippen molar-refractivity contribution in [2.24, 2.45) is 4.99 Å². The van der Waals surface area contributed by atoms with Crippen molar-refractivity contribution in [3.05, 3.63) is 90.5 Å². The average molecular weight is 408 g/mol. The van der Waals surface area contributed by atoms with Gasteiger partial charge >= 0.3 is 5.97 Å². The fourth-order valence-electron chi connectivity index (χ4n) is 3.40. The molecule has 0 amide bonds. The molecule has 0 bridgehead atoms. The second-order valence-electron chi connectivity index (χ2n) is 6.66. The van der Waals surface area contributed by atoms with E-state index in [1.54, 1.807) is 24.5 Å². The number of thiazole rings is 1. The summed E-state index contributed by atoms with van der Waals surface area (Å²) in [5.41, 5.74) is 1.54. The number of aryl methyl sites for hydroxylation is 1. The van der Waals surface area contributed by atoms with E-state index in [0.29, 0.717) is 26.4 Å². The number of carbonyl (C=O) groups is 1. The molecule has 7 heteroatoms. The molecule has 0 spiro atoms. The lowest BCUT2D eigenvalue weighted by molar-refractivity contribution is -0.139. The van der Waals surface area contributed by atoms with Crippen molar-refractivity contribution < 1.29 is 13.9 Å². The third-order valence-corrected chi connectivity index (χ3v) is 5.65. The van der Waals surface area contributed by atoms with Crippen molar-refractivity contribution in [1.29, 1.82) is 0 Å². The van der Waals surface area contributed by atoms with E-state index < -0.39 is 12.0 Å². The first-order valence-corrected chi connectivity index (χ1v) is 10.1. The number of carbonyl (C=O) groups excluding carboxylic acids is 1. The van der Waals surface area contributed by atoms with E-state index >= 15 is 0 Å². The molecule has 1 aliphatic heterocycles. The van der Waals surface area contributed by atoms with E-state index in [4.69, 9.17) is 9.15 Å². The van der Waals surface area contributed by atoms with Crippen LogP contribution >= 0.6 is 11.3 Å². The van der Waals surface area contributed by atoms with Gasteiger partial charge < -0.3 is 9.15 Å². The van der Waals surface area contributed by atoms with Crippen LogP contribution in [0.5, 0.6) is 0 Å². The highest BCUT2D eigenvalue weighted by Gasteiger charge is 2.33. The highest BCUT2D eigenvalue weighted by atomic mass is 32.1. The number of benzene rings is 1. The van der Waals surface area contributed by atoms with Crippen molar-refractivity contribution in [2.75, 3.05) is 6.61 Å². The van der Waals surface area contributed by atoms with Gasteiger partial charge in [-0.3, -0.25) is 9.36 Å². The van der Waals surface area contributed by atoms with Crippen molar-refractivity contribution in [2.45, 2.75) is 26.8 Å². The summed E-state index contributed by atoms with van der Waals surface area (Å²) in [6, 6.07) is 12.5. The molecule has 4 rings (SSSR count). The molecule has 1 atom stereocenters. The molecule has 3 aromatic rings. The lowest BCUT2D eigenvalue weighted by Crippen LogP contribution is -2.39. The summed E-state index contributed by atoms with van der Waals surface area (Å²) in [6.07, 6.45) is 1.71. The van der Waals surface area contributed by atoms with Gasteiger partial charge in [-0.1, -0.05) is 41.7 Å². The Labute approximate surface area is 171 Å². The molecule has 0 N–H and O–H groups in total. The van der Waals surface area contributed by atoms with Gasteiger partial charge in [0.2, 0.25) is 0 Å². The van der Waals surface area contributed by atoms with Gasteiger partial charge in [0, 0.05) is 6.08 Å². The predicted octanol–water partition coefficient (Wildman–Crippen LogP) is 2.70. The Morgan fingerprint density at radius 1 is 1.24 bits per heavy atom. The summed E-state index contributed by atoms with van der Waals surface area (Å²) in [5, 5.41) is 0. The number of ether oxygens (including phenoxy) is 1. The molecule has 0 saturated carbocycles. The molecule has 29 heavy (non-hydrogen) atoms. The zero-order chi connectivity index (χ0) is 20.5. The first-order valence-electron chi connectivity index (χ1n) is 9.30. The summed E-state index contributed by atoms with van der Waals surface area (Å²) in [4.78, 5) is 31.1. The molecule has 0 unspecified atom stereocenters. The van der Waals surface area contributed by atoms with E-state index in [-0.39, 0.29) is 12.2 Å². The molecule has 1 aromatic carbocycles. The first kappa shape index (κ1) is 19.1. The maximum Gasteiger partial charge on any atom is 0.338 e. The topological polar surface area (TPSA) is 73.8 Å². The van der Waals surface area contributed by atoms with Crippen molar-refractivity contribution in [3.8, 4) is 0 Å². The van der Waals surface area contributed by atoms with E-state index in [9.17, 15) is 9.59 Å². The van der Waals surface area contributed by atoms with Gasteiger partial charge in [-0.25, -0.2) is 9.79 Å². The van der Waals surface area contributed by atoms with E-state index in [1.807, 2.05) is 49.4 Å². The van der Waals surface area contributed by atoms with Crippen LogP contribution < -0.4 is 14.9 Å². The molecule has 2 aromatic heterocycles. The SMILES string of the molecule is CCOC(=O)C1=C(C)N=c2s/c(=C/c3ccc(C)o3)c(=O)n2[C@H]1c1ccccc1. The van der Waals surface area contributed by atoms with Crippen LogP contribution in [-0.2, 0) is 9.53 Å². The minimum absolute atomic E-state index is 0.217. The summed E-state index contributed by atoms with van der Waals surface area (Å²) in [5.74, 6) is 0.913. The minimum atomic E-state index is -0.591. The molecular weight excluding hydrogens is 388 g/mol. The van der Waals surface area contributed by atoms with Gasteiger partial charge in [0.25, 0.3) is 5.56 Å². The summed E-state index contributed by atoms with van der Waals surface area (Å²) >= 11 is 1.28. The molecule has 0 fully saturated rings. The van der Waals surface area contributed by atoms with E-state index in [1.165, 1.54) is 11.3 Å². The van der Waals surface area contributed by atoms with Crippen molar-refractivity contribution in [3.63, 3.8) is 0 Å². The van der Waals surface area contributed by atoms with Gasteiger partial charge in [-0.2, -0.15) is 0 Å². The predicted molar refractivity (Wildman–Crippen MR) is 110 cm³/mol. The molecular formula is C22H20N2O4S. The summed E-state index contributed by atoms with van der Waals surface area (Å²) in [6.45, 7) is 5.63. The smallest absolute Gasteiger partial charge is 0.338 e. The summed E-state index contributed by atoms with van der Waals surface area (Å²) < 4.78 is 12.9. The van der Waals surface area contributed by atoms with Crippen LogP contribution in [0.25, 0.3) is 6.08 Å². The molecule has 3 heterocycles. The Hall–Kier alpha value is -3.19. The van der Waals surface area contributed by atoms with Crippen molar-refractivity contribution in [1.82, 2.24) is 4.57 Å². The number of furan rings is 1. The van der Waals surface area contributed by atoms with Crippen LogP contribution in [-0.4, -0.2) is 17.1 Å². The van der Waals surface area contributed by atoms with Gasteiger partial charge in [0.1, 0.15) is 11.5 Å². The maximum atomic E-state index is 13.3. The highest BCUT2D eigenvalue weighted by Crippen LogP contribution is 2.30. The number of hydrogen-bond acceptors (Lipinski definition) is 6. The largest absolute Gasteiger partial charge is 0.463 e. The Kier molecular flexibility index (Phi) is 5.07. The second kappa shape index (κ2) is 7.67. The normalized spacial score (nSPS) is 16.5. The van der Waals surface area contributed by atoms with Gasteiger partial charge in [0.05, 0.1) is 28.5 Å². The van der Waals surface area contributed by atoms with Crippen LogP contribution in [0.4, 0.5) is 0 Å². The molecule has 0 aliphatic carbocycles. The standard InChI is InChI=1S/C22H20N2O4S/c1-4-27-21(26)18-14(3)23-22-24(19(18)15-8-6-5-7-9-15)20(25)17(29-22)12-16-11-10-13(2)28-16/h5-12,19H,4H2,1-3H3/b17-12+/t19-/m0/s1. The Balaban J connectivity index is 1.96. The third-order valence-electron chi connectivity index (χ3n) is 4.67. The average Bonchev–Trinajstić information content (AvgIpc) is 3.24. The number of rotatable bonds is 4. The molecule has 0 saturated heterocycles. The van der Waals surface area contributed by atoms with Crippen molar-refractivity contribution >= 4 is 23.4 Å². The number of nitrogens with zero attached hydrogens (tertiary/aromatic N) is 2. The van der Waals surface area contributed by atoms with Crippen LogP contribution in [0.2, 0.25) is 0 Å². The van der Waals surface area contributed by atoms with Gasteiger partial charge in [-0.15, -0.1) is 0 Å². The van der Waals surface area contributed by atoms with Gasteiger partial charge in [0.15, 0.2) is 4.80 Å². The molecule has 1 aliphatic rings. The van der Waals surface area contributed by atoms with Crippen LogP contribution in [0.3, 0.4) is 0 Å². The Bertz CT molecular complexity index is 1280. The maximum absolute atomic E-state index is 13.3. The molecule has 6 nitrogen and oxygen atoms in total. The van der Waals surface area contributed by atoms with Gasteiger partial charge in [-0.05, 0) is 38.5 Å². The second-order valence-corrected chi connectivity index (χ2v) is 7.67. The number of allylic oxidation sites excluding steroid dienone is 1. The van der Waals surface area contributed by atoms with Crippen LogP contribution in [0.1, 0.15) is 37.0 Å². The quantitative estimate of drug-likeness (QED) is 0.622. The minimum Gasteiger partial charge on any atom is -0.463 e. The number of fused-ring (bicyclic) bond motifs is 1. The fourth-order valence-corrected chi connectivity index (χ4v) is 4.43. The van der Waals surface area contributed by atoms with E-state index in [2.05, 4.69) is 4.99 Å². The molecule has 0 radical (unpaired) electrons. The lowest BCUT2D eigenvalue weighted by atomic mass is 9.96.